The summed E-state index contributed by atoms with van der Waals surface area (Å²) in [5.74, 6) is 1.72. The van der Waals surface area contributed by atoms with E-state index in [0.29, 0.717) is 6.04 Å². The number of hydrogen-bond donors (Lipinski definition) is 1. The van der Waals surface area contributed by atoms with Crippen LogP contribution in [0.3, 0.4) is 0 Å². The van der Waals surface area contributed by atoms with E-state index < -0.39 is 0 Å². The Hall–Kier alpha value is -1.46. The molecule has 0 saturated carbocycles. The van der Waals surface area contributed by atoms with Crippen LogP contribution in [0.2, 0.25) is 0 Å². The molecule has 1 saturated heterocycles. The second kappa shape index (κ2) is 6.75. The lowest BCUT2D eigenvalue weighted by Crippen LogP contribution is -2.26. The molecule has 5 heteroatoms. The Kier molecular flexibility index (Phi) is 4.74. The van der Waals surface area contributed by atoms with Crippen LogP contribution < -0.4 is 5.32 Å². The Balaban J connectivity index is 1.62. The topological polar surface area (TPSA) is 41.1 Å². The number of benzene rings is 1. The number of nitrogens with zero attached hydrogens (tertiary/aromatic N) is 3. The average Bonchev–Trinajstić information content (AvgIpc) is 2.92. The summed E-state index contributed by atoms with van der Waals surface area (Å²) < 4.78 is 0.972. The molecule has 1 atom stereocenters. The highest BCUT2D eigenvalue weighted by atomic mass is 79.9. The smallest absolute Gasteiger partial charge is 0.144 e. The third kappa shape index (κ3) is 3.65. The first-order valence-corrected chi connectivity index (χ1v) is 8.44. The molecule has 1 N–H and O–H groups in total. The first-order chi connectivity index (χ1) is 10.6. The molecule has 0 amide bonds. The molecule has 2 aromatic rings. The third-order valence-electron chi connectivity index (χ3n) is 3.99. The van der Waals surface area contributed by atoms with Crippen molar-refractivity contribution in [2.24, 2.45) is 0 Å². The van der Waals surface area contributed by atoms with E-state index in [0.717, 1.165) is 47.9 Å². The van der Waals surface area contributed by atoms with Crippen LogP contribution in [0, 0.1) is 13.8 Å². The highest BCUT2D eigenvalue weighted by Crippen LogP contribution is 2.25. The predicted molar refractivity (Wildman–Crippen MR) is 93.0 cm³/mol. The van der Waals surface area contributed by atoms with Crippen LogP contribution in [-0.4, -0.2) is 34.0 Å². The zero-order chi connectivity index (χ0) is 15.5. The molecule has 0 aliphatic carbocycles. The summed E-state index contributed by atoms with van der Waals surface area (Å²) in [4.78, 5) is 11.4. The molecule has 1 aliphatic heterocycles. The summed E-state index contributed by atoms with van der Waals surface area (Å²) in [5.41, 5.74) is 2.35. The number of nitrogens with one attached hydrogen (secondary N) is 1. The maximum Gasteiger partial charge on any atom is 0.144 e. The number of aryl methyl sites for hydroxylation is 2. The van der Waals surface area contributed by atoms with Gasteiger partial charge in [0.2, 0.25) is 0 Å². The number of halogens is 1. The van der Waals surface area contributed by atoms with E-state index >= 15 is 0 Å². The van der Waals surface area contributed by atoms with Crippen LogP contribution in [0.25, 0.3) is 0 Å². The van der Waals surface area contributed by atoms with Gasteiger partial charge in [0.05, 0.1) is 10.2 Å². The maximum absolute atomic E-state index is 4.52. The highest BCUT2D eigenvalue weighted by molar-refractivity contribution is 9.10. The predicted octanol–water partition coefficient (Wildman–Crippen LogP) is 3.54. The molecule has 1 aromatic carbocycles. The molecule has 1 unspecified atom stereocenters. The summed E-state index contributed by atoms with van der Waals surface area (Å²) in [7, 11) is 0. The Morgan fingerprint density at radius 3 is 2.77 bits per heavy atom. The van der Waals surface area contributed by atoms with Gasteiger partial charge in [-0.3, -0.25) is 4.90 Å². The monoisotopic (exact) mass is 360 g/mol. The minimum absolute atomic E-state index is 0.439. The Morgan fingerprint density at radius 1 is 1.23 bits per heavy atom. The van der Waals surface area contributed by atoms with Gasteiger partial charge in [-0.15, -0.1) is 0 Å². The molecular weight excluding hydrogens is 340 g/mol. The van der Waals surface area contributed by atoms with Crippen molar-refractivity contribution in [2.45, 2.75) is 32.9 Å². The first kappa shape index (κ1) is 15.4. The summed E-state index contributed by atoms with van der Waals surface area (Å²) in [6.07, 6.45) is 1.14. The lowest BCUT2D eigenvalue weighted by atomic mass is 10.2. The summed E-state index contributed by atoms with van der Waals surface area (Å²) in [5, 5.41) is 3.57. The van der Waals surface area contributed by atoms with Crippen LogP contribution in [0.15, 0.2) is 34.8 Å². The summed E-state index contributed by atoms with van der Waals surface area (Å²) >= 11 is 3.59. The second-order valence-electron chi connectivity index (χ2n) is 5.87. The summed E-state index contributed by atoms with van der Waals surface area (Å²) in [6, 6.07) is 11.1. The molecule has 0 radical (unpaired) electrons. The largest absolute Gasteiger partial charge is 0.365 e. The van der Waals surface area contributed by atoms with Crippen molar-refractivity contribution >= 4 is 21.7 Å². The van der Waals surface area contributed by atoms with Gasteiger partial charge in [0.25, 0.3) is 0 Å². The van der Waals surface area contributed by atoms with Crippen molar-refractivity contribution in [1.82, 2.24) is 14.9 Å². The molecule has 22 heavy (non-hydrogen) atoms. The van der Waals surface area contributed by atoms with E-state index in [4.69, 9.17) is 0 Å². The molecule has 116 valence electrons. The fraction of sp³-hybridized carbons (Fsp3) is 0.412. The lowest BCUT2D eigenvalue weighted by molar-refractivity contribution is 0.328. The Labute approximate surface area is 140 Å². The molecule has 2 heterocycles. The number of hydrogen-bond acceptors (Lipinski definition) is 4. The minimum atomic E-state index is 0.439. The van der Waals surface area contributed by atoms with E-state index in [1.54, 1.807) is 0 Å². The van der Waals surface area contributed by atoms with Crippen LogP contribution in [-0.2, 0) is 6.54 Å². The van der Waals surface area contributed by atoms with E-state index in [9.17, 15) is 0 Å². The molecule has 0 spiro atoms. The number of likely N-dealkylation sites (tertiary alicyclic amines) is 1. The summed E-state index contributed by atoms with van der Waals surface area (Å²) in [6.45, 7) is 7.11. The van der Waals surface area contributed by atoms with Crippen LogP contribution in [0.4, 0.5) is 5.82 Å². The molecule has 1 aliphatic rings. The molecule has 3 rings (SSSR count). The SMILES string of the molecule is Cc1nc(C)c(Br)c(NC2CCN(Cc3ccccc3)C2)n1. The molecule has 1 aromatic heterocycles. The molecule has 4 nitrogen and oxygen atoms in total. The van der Waals surface area contributed by atoms with Gasteiger partial charge in [0, 0.05) is 25.7 Å². The van der Waals surface area contributed by atoms with Gasteiger partial charge in [-0.25, -0.2) is 9.97 Å². The van der Waals surface area contributed by atoms with E-state index in [-0.39, 0.29) is 0 Å². The van der Waals surface area contributed by atoms with E-state index in [2.05, 4.69) is 66.4 Å². The van der Waals surface area contributed by atoms with Gasteiger partial charge in [-0.2, -0.15) is 0 Å². The fourth-order valence-electron chi connectivity index (χ4n) is 2.92. The average molecular weight is 361 g/mol. The standard InChI is InChI=1S/C17H21BrN4/c1-12-16(18)17(20-13(2)19-12)21-15-8-9-22(11-15)10-14-6-4-3-5-7-14/h3-7,15H,8-11H2,1-2H3,(H,19,20,21). The van der Waals surface area contributed by atoms with Crippen molar-refractivity contribution in [1.29, 1.82) is 0 Å². The maximum atomic E-state index is 4.52. The number of anilines is 1. The number of rotatable bonds is 4. The van der Waals surface area contributed by atoms with Crippen molar-refractivity contribution in [3.05, 3.63) is 51.9 Å². The van der Waals surface area contributed by atoms with Crippen molar-refractivity contribution in [2.75, 3.05) is 18.4 Å². The fourth-order valence-corrected chi connectivity index (χ4v) is 3.22. The van der Waals surface area contributed by atoms with Crippen molar-refractivity contribution in [3.63, 3.8) is 0 Å². The van der Waals surface area contributed by atoms with Crippen LogP contribution in [0.1, 0.15) is 23.5 Å². The van der Waals surface area contributed by atoms with Gasteiger partial charge < -0.3 is 5.32 Å². The van der Waals surface area contributed by atoms with Crippen molar-refractivity contribution < 1.29 is 0 Å². The third-order valence-corrected chi connectivity index (χ3v) is 4.94. The number of aromatic nitrogens is 2. The Morgan fingerprint density at radius 2 is 2.00 bits per heavy atom. The molecule has 0 bridgehead atoms. The van der Waals surface area contributed by atoms with Gasteiger partial charge >= 0.3 is 0 Å². The molecule has 1 fully saturated rings. The van der Waals surface area contributed by atoms with Crippen LogP contribution >= 0.6 is 15.9 Å². The lowest BCUT2D eigenvalue weighted by Gasteiger charge is -2.18. The van der Waals surface area contributed by atoms with E-state index in [1.807, 2.05) is 13.8 Å². The van der Waals surface area contributed by atoms with Gasteiger partial charge in [0.1, 0.15) is 11.6 Å². The first-order valence-electron chi connectivity index (χ1n) is 7.65. The quantitative estimate of drug-likeness (QED) is 0.905. The van der Waals surface area contributed by atoms with Gasteiger partial charge in [-0.1, -0.05) is 30.3 Å². The van der Waals surface area contributed by atoms with Gasteiger partial charge in [0.15, 0.2) is 0 Å². The van der Waals surface area contributed by atoms with Gasteiger partial charge in [-0.05, 0) is 41.8 Å². The van der Waals surface area contributed by atoms with Crippen molar-refractivity contribution in [3.8, 4) is 0 Å². The normalized spacial score (nSPS) is 18.6. The zero-order valence-corrected chi connectivity index (χ0v) is 14.6. The van der Waals surface area contributed by atoms with Crippen LogP contribution in [0.5, 0.6) is 0 Å². The van der Waals surface area contributed by atoms with E-state index in [1.165, 1.54) is 5.56 Å². The minimum Gasteiger partial charge on any atom is -0.365 e. The highest BCUT2D eigenvalue weighted by Gasteiger charge is 2.23. The second-order valence-corrected chi connectivity index (χ2v) is 6.66. The Bertz CT molecular complexity index is 645. The molecular formula is C17H21BrN4. The zero-order valence-electron chi connectivity index (χ0n) is 13.0.